The third-order valence-electron chi connectivity index (χ3n) is 4.50. The lowest BCUT2D eigenvalue weighted by Crippen LogP contribution is -2.44. The average Bonchev–Trinajstić information content (AvgIpc) is 3.00. The Hall–Kier alpha value is -3.61. The number of hydrogen-bond acceptors (Lipinski definition) is 4. The fraction of sp³-hybridized carbons (Fsp3) is 0.150. The summed E-state index contributed by atoms with van der Waals surface area (Å²) in [6.45, 7) is 1.22. The highest BCUT2D eigenvalue weighted by atomic mass is 16.5. The highest BCUT2D eigenvalue weighted by molar-refractivity contribution is 6.11. The summed E-state index contributed by atoms with van der Waals surface area (Å²) >= 11 is 0. The number of nitrogens with one attached hydrogen (secondary N) is 2. The van der Waals surface area contributed by atoms with Gasteiger partial charge in [0.05, 0.1) is 16.9 Å². The third-order valence-corrected chi connectivity index (χ3v) is 4.50. The molecule has 7 heteroatoms. The first-order valence-corrected chi connectivity index (χ1v) is 8.48. The summed E-state index contributed by atoms with van der Waals surface area (Å²) in [6, 6.07) is 14.4. The van der Waals surface area contributed by atoms with Crippen molar-refractivity contribution >= 4 is 40.1 Å². The predicted molar refractivity (Wildman–Crippen MR) is 101 cm³/mol. The largest absolute Gasteiger partial charge is 0.452 e. The molecule has 2 aromatic carbocycles. The molecule has 0 fully saturated rings. The van der Waals surface area contributed by atoms with Gasteiger partial charge >= 0.3 is 5.97 Å². The van der Waals surface area contributed by atoms with Gasteiger partial charge in [-0.3, -0.25) is 14.5 Å². The Morgan fingerprint density at radius 1 is 1.11 bits per heavy atom. The zero-order valence-corrected chi connectivity index (χ0v) is 14.6. The number of anilines is 2. The lowest BCUT2D eigenvalue weighted by Gasteiger charge is -2.28. The van der Waals surface area contributed by atoms with Crippen LogP contribution >= 0.6 is 0 Å². The number of benzene rings is 2. The molecule has 136 valence electrons. The molecule has 0 radical (unpaired) electrons. The number of fused-ring (bicyclic) bond motifs is 2. The molecule has 27 heavy (non-hydrogen) atoms. The molecule has 0 bridgehead atoms. The van der Waals surface area contributed by atoms with Gasteiger partial charge in [-0.05, 0) is 25.1 Å². The van der Waals surface area contributed by atoms with Crippen molar-refractivity contribution in [1.29, 1.82) is 0 Å². The van der Waals surface area contributed by atoms with Crippen LogP contribution in [0.5, 0.6) is 0 Å². The minimum absolute atomic E-state index is 0.112. The van der Waals surface area contributed by atoms with Crippen molar-refractivity contribution in [2.45, 2.75) is 6.92 Å². The van der Waals surface area contributed by atoms with E-state index < -0.39 is 18.5 Å². The molecule has 0 saturated heterocycles. The molecule has 0 spiro atoms. The van der Waals surface area contributed by atoms with E-state index in [-0.39, 0.29) is 12.5 Å². The van der Waals surface area contributed by atoms with E-state index in [0.29, 0.717) is 22.6 Å². The number of amides is 2. The number of para-hydroxylation sites is 3. The summed E-state index contributed by atoms with van der Waals surface area (Å²) in [5, 5.41) is 3.46. The molecule has 2 N–H and O–H groups in total. The number of aryl methyl sites for hydroxylation is 1. The first-order chi connectivity index (χ1) is 13.0. The van der Waals surface area contributed by atoms with Crippen LogP contribution in [0, 0.1) is 6.92 Å². The molecule has 2 amide bonds. The van der Waals surface area contributed by atoms with E-state index in [1.54, 1.807) is 31.2 Å². The molecule has 1 aliphatic heterocycles. The molecule has 3 aromatic rings. The lowest BCUT2D eigenvalue weighted by molar-refractivity contribution is -0.124. The van der Waals surface area contributed by atoms with Crippen LogP contribution in [-0.4, -0.2) is 35.9 Å². The Kier molecular flexibility index (Phi) is 4.12. The summed E-state index contributed by atoms with van der Waals surface area (Å²) in [5.74, 6) is -1.32. The Morgan fingerprint density at radius 2 is 1.85 bits per heavy atom. The van der Waals surface area contributed by atoms with Crippen LogP contribution in [0.25, 0.3) is 10.9 Å². The van der Waals surface area contributed by atoms with Gasteiger partial charge in [0, 0.05) is 16.6 Å². The first-order valence-electron chi connectivity index (χ1n) is 8.48. The number of nitrogens with zero attached hydrogens (tertiary/aromatic N) is 1. The van der Waals surface area contributed by atoms with Crippen molar-refractivity contribution in [2.75, 3.05) is 23.4 Å². The molecule has 1 aromatic heterocycles. The smallest absolute Gasteiger partial charge is 0.341 e. The van der Waals surface area contributed by atoms with Crippen molar-refractivity contribution in [3.05, 3.63) is 59.8 Å². The first kappa shape index (κ1) is 16.8. The van der Waals surface area contributed by atoms with Crippen LogP contribution in [0.15, 0.2) is 48.5 Å². The molecule has 0 saturated carbocycles. The van der Waals surface area contributed by atoms with E-state index in [4.69, 9.17) is 4.74 Å². The van der Waals surface area contributed by atoms with Gasteiger partial charge in [-0.15, -0.1) is 0 Å². The lowest BCUT2D eigenvalue weighted by atomic mass is 10.1. The van der Waals surface area contributed by atoms with Gasteiger partial charge in [-0.1, -0.05) is 30.3 Å². The van der Waals surface area contributed by atoms with Crippen molar-refractivity contribution in [2.24, 2.45) is 0 Å². The fourth-order valence-electron chi connectivity index (χ4n) is 3.27. The molecule has 2 heterocycles. The van der Waals surface area contributed by atoms with E-state index >= 15 is 0 Å². The quantitative estimate of drug-likeness (QED) is 0.700. The summed E-state index contributed by atoms with van der Waals surface area (Å²) in [4.78, 5) is 41.4. The van der Waals surface area contributed by atoms with Crippen LogP contribution in [-0.2, 0) is 14.3 Å². The van der Waals surface area contributed by atoms with Crippen molar-refractivity contribution in [3.8, 4) is 0 Å². The summed E-state index contributed by atoms with van der Waals surface area (Å²) < 4.78 is 5.26. The summed E-state index contributed by atoms with van der Waals surface area (Å²) in [5.41, 5.74) is 3.06. The molecule has 0 atom stereocenters. The monoisotopic (exact) mass is 363 g/mol. The van der Waals surface area contributed by atoms with Gasteiger partial charge in [0.25, 0.3) is 5.91 Å². The second-order valence-electron chi connectivity index (χ2n) is 6.29. The number of H-pyrrole nitrogens is 1. The predicted octanol–water partition coefficient (Wildman–Crippen LogP) is 2.62. The molecular formula is C20H17N3O4. The topological polar surface area (TPSA) is 91.5 Å². The molecule has 1 aliphatic rings. The van der Waals surface area contributed by atoms with Gasteiger partial charge in [0.15, 0.2) is 6.61 Å². The van der Waals surface area contributed by atoms with Gasteiger partial charge in [0.2, 0.25) is 5.91 Å². The second-order valence-corrected chi connectivity index (χ2v) is 6.29. The van der Waals surface area contributed by atoms with Gasteiger partial charge in [-0.25, -0.2) is 4.79 Å². The zero-order chi connectivity index (χ0) is 19.0. The standard InChI is InChI=1S/C20H17N3O4/c1-12-19(13-6-2-3-7-14(13)21-12)20(26)27-11-18(25)23-10-17(24)22-15-8-4-5-9-16(15)23/h2-9,21H,10-11H2,1H3,(H,22,24). The van der Waals surface area contributed by atoms with Crippen LogP contribution in [0.4, 0.5) is 11.4 Å². The maximum Gasteiger partial charge on any atom is 0.341 e. The Morgan fingerprint density at radius 3 is 2.70 bits per heavy atom. The number of carbonyl (C=O) groups excluding carboxylic acids is 3. The van der Waals surface area contributed by atoms with Crippen LogP contribution in [0.2, 0.25) is 0 Å². The number of carbonyl (C=O) groups is 3. The maximum atomic E-state index is 12.6. The minimum atomic E-state index is -0.576. The van der Waals surface area contributed by atoms with E-state index in [2.05, 4.69) is 10.3 Å². The van der Waals surface area contributed by atoms with E-state index in [0.717, 1.165) is 10.9 Å². The summed E-state index contributed by atoms with van der Waals surface area (Å²) in [7, 11) is 0. The number of esters is 1. The fourth-order valence-corrected chi connectivity index (χ4v) is 3.27. The van der Waals surface area contributed by atoms with E-state index in [1.807, 2.05) is 24.3 Å². The number of ether oxygens (including phenoxy) is 1. The normalized spacial score (nSPS) is 13.2. The number of aromatic nitrogens is 1. The Labute approximate surface area is 154 Å². The van der Waals surface area contributed by atoms with Crippen molar-refractivity contribution in [1.82, 2.24) is 4.98 Å². The maximum absolute atomic E-state index is 12.6. The number of hydrogen-bond donors (Lipinski definition) is 2. The zero-order valence-electron chi connectivity index (χ0n) is 14.6. The van der Waals surface area contributed by atoms with Crippen molar-refractivity contribution in [3.63, 3.8) is 0 Å². The molecule has 0 aliphatic carbocycles. The highest BCUT2D eigenvalue weighted by Crippen LogP contribution is 2.29. The minimum Gasteiger partial charge on any atom is -0.452 e. The number of rotatable bonds is 3. The van der Waals surface area contributed by atoms with Gasteiger partial charge < -0.3 is 15.0 Å². The molecular weight excluding hydrogens is 346 g/mol. The van der Waals surface area contributed by atoms with Gasteiger partial charge in [-0.2, -0.15) is 0 Å². The average molecular weight is 363 g/mol. The van der Waals surface area contributed by atoms with E-state index in [1.165, 1.54) is 4.90 Å². The van der Waals surface area contributed by atoms with Crippen LogP contribution in [0.3, 0.4) is 0 Å². The van der Waals surface area contributed by atoms with Gasteiger partial charge in [0.1, 0.15) is 6.54 Å². The second kappa shape index (κ2) is 6.60. The molecule has 4 rings (SSSR count). The third kappa shape index (κ3) is 3.03. The van der Waals surface area contributed by atoms with Crippen LogP contribution in [0.1, 0.15) is 16.1 Å². The molecule has 0 unspecified atom stereocenters. The van der Waals surface area contributed by atoms with E-state index in [9.17, 15) is 14.4 Å². The number of aromatic amines is 1. The molecule has 7 nitrogen and oxygen atoms in total. The Balaban J connectivity index is 1.52. The SMILES string of the molecule is Cc1[nH]c2ccccc2c1C(=O)OCC(=O)N1CC(=O)Nc2ccccc21. The highest BCUT2D eigenvalue weighted by Gasteiger charge is 2.27. The van der Waals surface area contributed by atoms with Crippen LogP contribution < -0.4 is 10.2 Å². The Bertz CT molecular complexity index is 1070. The van der Waals surface area contributed by atoms with Crippen molar-refractivity contribution < 1.29 is 19.1 Å². The summed E-state index contributed by atoms with van der Waals surface area (Å²) in [6.07, 6.45) is 0.